The monoisotopic (exact) mass is 295 g/mol. The van der Waals surface area contributed by atoms with Crippen LogP contribution in [0.5, 0.6) is 11.5 Å². The quantitative estimate of drug-likeness (QED) is 0.804. The number of rotatable bonds is 7. The van der Waals surface area contributed by atoms with Crippen molar-refractivity contribution < 1.29 is 24.2 Å². The van der Waals surface area contributed by atoms with Crippen molar-refractivity contribution in [1.29, 1.82) is 0 Å². The Kier molecular flexibility index (Phi) is 5.58. The van der Waals surface area contributed by atoms with E-state index in [1.165, 1.54) is 14.2 Å². The molecule has 0 bridgehead atoms. The number of carbonyl (C=O) groups excluding carboxylic acids is 1. The van der Waals surface area contributed by atoms with Crippen LogP contribution in [0.25, 0.3) is 0 Å². The van der Waals surface area contributed by atoms with Gasteiger partial charge >= 0.3 is 5.97 Å². The van der Waals surface area contributed by atoms with Gasteiger partial charge in [0.15, 0.2) is 0 Å². The third-order valence-corrected chi connectivity index (χ3v) is 3.07. The molecule has 0 saturated carbocycles. The highest BCUT2D eigenvalue weighted by atomic mass is 16.5. The number of nitrogens with one attached hydrogen (secondary N) is 1. The maximum Gasteiger partial charge on any atom is 0.303 e. The van der Waals surface area contributed by atoms with E-state index in [1.54, 1.807) is 32.0 Å². The van der Waals surface area contributed by atoms with Gasteiger partial charge in [-0.3, -0.25) is 9.59 Å². The number of benzene rings is 1. The van der Waals surface area contributed by atoms with Crippen LogP contribution in [0.2, 0.25) is 0 Å². The van der Waals surface area contributed by atoms with E-state index in [0.29, 0.717) is 23.5 Å². The molecule has 0 heterocycles. The fourth-order valence-corrected chi connectivity index (χ4v) is 1.93. The molecule has 1 aromatic carbocycles. The predicted octanol–water partition coefficient (Wildman–Crippen LogP) is 2.08. The highest BCUT2D eigenvalue weighted by molar-refractivity contribution is 6.00. The van der Waals surface area contributed by atoms with E-state index in [2.05, 4.69) is 5.32 Å². The first kappa shape index (κ1) is 16.8. The summed E-state index contributed by atoms with van der Waals surface area (Å²) in [6, 6.07) is 5.06. The molecule has 0 aliphatic heterocycles. The summed E-state index contributed by atoms with van der Waals surface area (Å²) in [7, 11) is 2.95. The lowest BCUT2D eigenvalue weighted by atomic mass is 9.97. The molecule has 116 valence electrons. The lowest BCUT2D eigenvalue weighted by Crippen LogP contribution is -2.43. The van der Waals surface area contributed by atoms with Gasteiger partial charge < -0.3 is 19.9 Å². The van der Waals surface area contributed by atoms with Gasteiger partial charge in [0.05, 0.1) is 14.2 Å². The molecule has 0 fully saturated rings. The van der Waals surface area contributed by atoms with Gasteiger partial charge in [0, 0.05) is 12.0 Å². The van der Waals surface area contributed by atoms with E-state index in [1.807, 2.05) is 0 Å². The Morgan fingerprint density at radius 2 is 1.71 bits per heavy atom. The smallest absolute Gasteiger partial charge is 0.303 e. The minimum atomic E-state index is -0.896. The van der Waals surface area contributed by atoms with Crippen LogP contribution < -0.4 is 14.8 Å². The van der Waals surface area contributed by atoms with E-state index in [9.17, 15) is 9.59 Å². The van der Waals surface area contributed by atoms with E-state index in [0.717, 1.165) is 0 Å². The topological polar surface area (TPSA) is 84.9 Å². The lowest BCUT2D eigenvalue weighted by molar-refractivity contribution is -0.137. The van der Waals surface area contributed by atoms with Gasteiger partial charge in [-0.25, -0.2) is 0 Å². The first-order valence-corrected chi connectivity index (χ1v) is 6.56. The van der Waals surface area contributed by atoms with Gasteiger partial charge in [-0.05, 0) is 32.4 Å². The number of hydrogen-bond donors (Lipinski definition) is 2. The molecule has 0 aliphatic carbocycles. The van der Waals surface area contributed by atoms with Crippen molar-refractivity contribution in [2.45, 2.75) is 32.2 Å². The van der Waals surface area contributed by atoms with E-state index >= 15 is 0 Å². The third kappa shape index (κ3) is 4.66. The number of carboxylic acids is 1. The van der Waals surface area contributed by atoms with Crippen LogP contribution in [-0.4, -0.2) is 36.7 Å². The maximum absolute atomic E-state index is 12.4. The summed E-state index contributed by atoms with van der Waals surface area (Å²) in [5.74, 6) is -0.450. The number of methoxy groups -OCH3 is 2. The first-order chi connectivity index (χ1) is 9.80. The molecule has 0 atom stereocenters. The Bertz CT molecular complexity index is 503. The van der Waals surface area contributed by atoms with E-state index in [4.69, 9.17) is 14.6 Å². The van der Waals surface area contributed by atoms with Gasteiger partial charge in [-0.15, -0.1) is 0 Å². The van der Waals surface area contributed by atoms with E-state index in [-0.39, 0.29) is 12.3 Å². The number of aliphatic carboxylic acids is 1. The average Bonchev–Trinajstić information content (AvgIpc) is 2.43. The largest absolute Gasteiger partial charge is 0.496 e. The molecule has 2 N–H and O–H groups in total. The zero-order valence-corrected chi connectivity index (χ0v) is 12.7. The fraction of sp³-hybridized carbons (Fsp3) is 0.467. The van der Waals surface area contributed by atoms with E-state index < -0.39 is 11.5 Å². The molecule has 0 aliphatic rings. The molecule has 6 heteroatoms. The molecule has 1 rings (SSSR count). The minimum absolute atomic E-state index is 0.0175. The van der Waals surface area contributed by atoms with Crippen LogP contribution in [0.4, 0.5) is 0 Å². The summed E-state index contributed by atoms with van der Waals surface area (Å²) in [4.78, 5) is 23.1. The SMILES string of the molecule is COc1cccc(OC)c1C(=O)NC(C)(C)CCC(=O)O. The summed E-state index contributed by atoms with van der Waals surface area (Å²) in [6.07, 6.45) is 0.307. The lowest BCUT2D eigenvalue weighted by Gasteiger charge is -2.26. The highest BCUT2D eigenvalue weighted by Gasteiger charge is 2.26. The summed E-state index contributed by atoms with van der Waals surface area (Å²) < 4.78 is 10.4. The molecule has 6 nitrogen and oxygen atoms in total. The van der Waals surface area contributed by atoms with Crippen LogP contribution in [0.1, 0.15) is 37.0 Å². The number of carboxylic acid groups (broad SMARTS) is 1. The predicted molar refractivity (Wildman–Crippen MR) is 78.0 cm³/mol. The van der Waals surface area contributed by atoms with Crippen LogP contribution in [0.3, 0.4) is 0 Å². The Hall–Kier alpha value is -2.24. The summed E-state index contributed by atoms with van der Waals surface area (Å²) in [6.45, 7) is 3.55. The Balaban J connectivity index is 2.96. The van der Waals surface area contributed by atoms with Crippen molar-refractivity contribution in [2.75, 3.05) is 14.2 Å². The van der Waals surface area contributed by atoms with Crippen molar-refractivity contribution in [2.24, 2.45) is 0 Å². The number of carbonyl (C=O) groups is 2. The Morgan fingerprint density at radius 3 is 2.14 bits per heavy atom. The van der Waals surface area contributed by atoms with Crippen molar-refractivity contribution in [1.82, 2.24) is 5.32 Å². The summed E-state index contributed by atoms with van der Waals surface area (Å²) in [5, 5.41) is 11.6. The Labute approximate surface area is 124 Å². The van der Waals surface area contributed by atoms with Gasteiger partial charge in [0.25, 0.3) is 5.91 Å². The van der Waals surface area contributed by atoms with Gasteiger partial charge in [0.2, 0.25) is 0 Å². The zero-order chi connectivity index (χ0) is 16.0. The summed E-state index contributed by atoms with van der Waals surface area (Å²) in [5.41, 5.74) is -0.354. The van der Waals surface area contributed by atoms with Crippen LogP contribution in [0.15, 0.2) is 18.2 Å². The van der Waals surface area contributed by atoms with Crippen molar-refractivity contribution in [3.05, 3.63) is 23.8 Å². The molecule has 0 radical (unpaired) electrons. The molecule has 0 saturated heterocycles. The van der Waals surface area contributed by atoms with Gasteiger partial charge in [0.1, 0.15) is 17.1 Å². The second-order valence-electron chi connectivity index (χ2n) is 5.27. The molecule has 1 aromatic rings. The zero-order valence-electron chi connectivity index (χ0n) is 12.7. The number of hydrogen-bond acceptors (Lipinski definition) is 4. The van der Waals surface area contributed by atoms with Crippen molar-refractivity contribution in [3.63, 3.8) is 0 Å². The van der Waals surface area contributed by atoms with Crippen LogP contribution in [-0.2, 0) is 4.79 Å². The van der Waals surface area contributed by atoms with Crippen molar-refractivity contribution in [3.8, 4) is 11.5 Å². The number of ether oxygens (including phenoxy) is 2. The average molecular weight is 295 g/mol. The molecular formula is C15H21NO5. The molecule has 21 heavy (non-hydrogen) atoms. The van der Waals surface area contributed by atoms with Crippen LogP contribution in [0, 0.1) is 0 Å². The van der Waals surface area contributed by atoms with Gasteiger partial charge in [-0.2, -0.15) is 0 Å². The summed E-state index contributed by atoms with van der Waals surface area (Å²) >= 11 is 0. The van der Waals surface area contributed by atoms with Crippen LogP contribution >= 0.6 is 0 Å². The standard InChI is InChI=1S/C15H21NO5/c1-15(2,9-8-12(17)18)16-14(19)13-10(20-3)6-5-7-11(13)21-4/h5-7H,8-9H2,1-4H3,(H,16,19)(H,17,18). The molecule has 0 unspecified atom stereocenters. The van der Waals surface area contributed by atoms with Gasteiger partial charge in [-0.1, -0.05) is 6.07 Å². The highest BCUT2D eigenvalue weighted by Crippen LogP contribution is 2.28. The number of amides is 1. The minimum Gasteiger partial charge on any atom is -0.496 e. The van der Waals surface area contributed by atoms with Crippen molar-refractivity contribution >= 4 is 11.9 Å². The fourth-order valence-electron chi connectivity index (χ4n) is 1.93. The molecular weight excluding hydrogens is 274 g/mol. The second-order valence-corrected chi connectivity index (χ2v) is 5.27. The molecule has 0 spiro atoms. The Morgan fingerprint density at radius 1 is 1.19 bits per heavy atom. The maximum atomic E-state index is 12.4. The molecule has 0 aromatic heterocycles. The third-order valence-electron chi connectivity index (χ3n) is 3.07. The normalized spacial score (nSPS) is 10.9. The first-order valence-electron chi connectivity index (χ1n) is 6.56. The molecule has 1 amide bonds. The second kappa shape index (κ2) is 6.97.